The zero-order valence-corrected chi connectivity index (χ0v) is 10.1. The molecular formula is C11H13ClN2O3. The summed E-state index contributed by atoms with van der Waals surface area (Å²) in [7, 11) is 0. The number of nitrogens with zero attached hydrogens (tertiary/aromatic N) is 2. The molecule has 1 aliphatic heterocycles. The van der Waals surface area contributed by atoms with Gasteiger partial charge in [-0.2, -0.15) is 0 Å². The third-order valence-corrected chi connectivity index (χ3v) is 2.89. The highest BCUT2D eigenvalue weighted by molar-refractivity contribution is 6.29. The molecule has 1 aliphatic rings. The van der Waals surface area contributed by atoms with Crippen LogP contribution in [0.1, 0.15) is 19.0 Å². The van der Waals surface area contributed by atoms with Gasteiger partial charge in [0.25, 0.3) is 0 Å². The molecule has 92 valence electrons. The highest BCUT2D eigenvalue weighted by atomic mass is 35.5. The third-order valence-electron chi connectivity index (χ3n) is 2.68. The average Bonchev–Trinajstić information content (AvgIpc) is 2.47. The maximum absolute atomic E-state index is 11.1. The van der Waals surface area contributed by atoms with Gasteiger partial charge in [0, 0.05) is 0 Å². The van der Waals surface area contributed by atoms with Crippen LogP contribution in [0, 0.1) is 0 Å². The maximum atomic E-state index is 11.1. The first kappa shape index (κ1) is 12.0. The van der Waals surface area contributed by atoms with E-state index in [1.807, 2.05) is 6.92 Å². The Hall–Kier alpha value is -1.49. The Kier molecular flexibility index (Phi) is 3.38. The topological polar surface area (TPSA) is 62.7 Å². The zero-order valence-electron chi connectivity index (χ0n) is 9.39. The molecule has 17 heavy (non-hydrogen) atoms. The fourth-order valence-electron chi connectivity index (χ4n) is 1.75. The summed E-state index contributed by atoms with van der Waals surface area (Å²) in [5.41, 5.74) is 0.566. The lowest BCUT2D eigenvalue weighted by molar-refractivity contribution is 0.114. The zero-order chi connectivity index (χ0) is 12.4. The van der Waals surface area contributed by atoms with Gasteiger partial charge in [0.2, 0.25) is 0 Å². The molecule has 0 saturated heterocycles. The SMILES string of the molecule is CCC1CN(C(=O)O)Cc2nc(Cl)ccc2O1. The molecule has 0 aliphatic carbocycles. The van der Waals surface area contributed by atoms with Crippen LogP contribution in [-0.4, -0.2) is 33.7 Å². The third kappa shape index (κ3) is 2.61. The molecule has 2 heterocycles. The van der Waals surface area contributed by atoms with Crippen molar-refractivity contribution < 1.29 is 14.6 Å². The number of aromatic nitrogens is 1. The Morgan fingerprint density at radius 2 is 2.47 bits per heavy atom. The fraction of sp³-hybridized carbons (Fsp3) is 0.455. The minimum atomic E-state index is -0.971. The molecule has 6 heteroatoms. The quantitative estimate of drug-likeness (QED) is 0.784. The summed E-state index contributed by atoms with van der Waals surface area (Å²) in [6.45, 7) is 2.51. The van der Waals surface area contributed by atoms with E-state index >= 15 is 0 Å². The molecule has 0 saturated carbocycles. The van der Waals surface area contributed by atoms with Crippen LogP contribution in [-0.2, 0) is 6.54 Å². The molecule has 1 atom stereocenters. The molecule has 0 aromatic carbocycles. The first-order chi connectivity index (χ1) is 8.10. The Bertz CT molecular complexity index is 439. The highest BCUT2D eigenvalue weighted by Crippen LogP contribution is 2.26. The smallest absolute Gasteiger partial charge is 0.407 e. The molecule has 1 N–H and O–H groups in total. The number of halogens is 1. The largest absolute Gasteiger partial charge is 0.487 e. The number of hydrogen-bond donors (Lipinski definition) is 1. The van der Waals surface area contributed by atoms with Crippen molar-refractivity contribution in [2.24, 2.45) is 0 Å². The Balaban J connectivity index is 2.35. The lowest BCUT2D eigenvalue weighted by Gasteiger charge is -2.19. The second-order valence-electron chi connectivity index (χ2n) is 3.89. The maximum Gasteiger partial charge on any atom is 0.407 e. The summed E-state index contributed by atoms with van der Waals surface area (Å²) in [4.78, 5) is 16.5. The predicted octanol–water partition coefficient (Wildman–Crippen LogP) is 2.39. The fourth-order valence-corrected chi connectivity index (χ4v) is 1.91. The van der Waals surface area contributed by atoms with E-state index in [0.717, 1.165) is 6.42 Å². The van der Waals surface area contributed by atoms with Crippen molar-refractivity contribution in [1.29, 1.82) is 0 Å². The minimum absolute atomic E-state index is 0.143. The molecule has 0 radical (unpaired) electrons. The summed E-state index contributed by atoms with van der Waals surface area (Å²) >= 11 is 5.79. The van der Waals surface area contributed by atoms with E-state index < -0.39 is 6.09 Å². The van der Waals surface area contributed by atoms with Crippen LogP contribution >= 0.6 is 11.6 Å². The molecule has 1 aromatic heterocycles. The monoisotopic (exact) mass is 256 g/mol. The normalized spacial score (nSPS) is 19.2. The van der Waals surface area contributed by atoms with Gasteiger partial charge in [-0.3, -0.25) is 4.90 Å². The van der Waals surface area contributed by atoms with E-state index in [1.165, 1.54) is 4.90 Å². The van der Waals surface area contributed by atoms with E-state index in [9.17, 15) is 4.79 Å². The lowest BCUT2D eigenvalue weighted by atomic mass is 10.2. The van der Waals surface area contributed by atoms with Gasteiger partial charge in [0.1, 0.15) is 22.7 Å². The van der Waals surface area contributed by atoms with E-state index in [-0.39, 0.29) is 12.6 Å². The number of carbonyl (C=O) groups is 1. The molecule has 2 rings (SSSR count). The van der Waals surface area contributed by atoms with Crippen molar-refractivity contribution in [2.45, 2.75) is 26.0 Å². The first-order valence-corrected chi connectivity index (χ1v) is 5.78. The lowest BCUT2D eigenvalue weighted by Crippen LogP contribution is -2.36. The summed E-state index contributed by atoms with van der Waals surface area (Å²) in [5, 5.41) is 9.42. The summed E-state index contributed by atoms with van der Waals surface area (Å²) in [6.07, 6.45) is -0.372. The van der Waals surface area contributed by atoms with Crippen LogP contribution in [0.3, 0.4) is 0 Å². The molecule has 0 spiro atoms. The van der Waals surface area contributed by atoms with Crippen molar-refractivity contribution in [3.05, 3.63) is 23.0 Å². The molecule has 1 unspecified atom stereocenters. The minimum Gasteiger partial charge on any atom is -0.487 e. The highest BCUT2D eigenvalue weighted by Gasteiger charge is 2.25. The van der Waals surface area contributed by atoms with Gasteiger partial charge >= 0.3 is 6.09 Å². The van der Waals surface area contributed by atoms with Crippen molar-refractivity contribution in [1.82, 2.24) is 9.88 Å². The number of ether oxygens (including phenoxy) is 1. The average molecular weight is 257 g/mol. The predicted molar refractivity (Wildman–Crippen MR) is 62.4 cm³/mol. The number of carboxylic acid groups (broad SMARTS) is 1. The van der Waals surface area contributed by atoms with Crippen LogP contribution in [0.15, 0.2) is 12.1 Å². The second kappa shape index (κ2) is 4.79. The van der Waals surface area contributed by atoms with Crippen molar-refractivity contribution in [2.75, 3.05) is 6.54 Å². The van der Waals surface area contributed by atoms with E-state index in [1.54, 1.807) is 12.1 Å². The van der Waals surface area contributed by atoms with Gasteiger partial charge in [0.05, 0.1) is 13.1 Å². The van der Waals surface area contributed by atoms with E-state index in [0.29, 0.717) is 23.1 Å². The first-order valence-electron chi connectivity index (χ1n) is 5.40. The number of fused-ring (bicyclic) bond motifs is 1. The van der Waals surface area contributed by atoms with Crippen molar-refractivity contribution >= 4 is 17.7 Å². The standard InChI is InChI=1S/C11H13ClN2O3/c1-2-7-5-14(11(15)16)6-8-9(17-7)3-4-10(12)13-8/h3-4,7H,2,5-6H2,1H3,(H,15,16). The number of pyridine rings is 1. The summed E-state index contributed by atoms with van der Waals surface area (Å²) in [6, 6.07) is 3.38. The molecule has 0 bridgehead atoms. The van der Waals surface area contributed by atoms with Crippen molar-refractivity contribution in [3.63, 3.8) is 0 Å². The second-order valence-corrected chi connectivity index (χ2v) is 4.28. The van der Waals surface area contributed by atoms with E-state index in [4.69, 9.17) is 21.4 Å². The molecular weight excluding hydrogens is 244 g/mol. The summed E-state index contributed by atoms with van der Waals surface area (Å²) < 4.78 is 5.72. The Morgan fingerprint density at radius 3 is 3.12 bits per heavy atom. The van der Waals surface area contributed by atoms with Crippen LogP contribution in [0.2, 0.25) is 5.15 Å². The molecule has 1 aromatic rings. The number of hydrogen-bond acceptors (Lipinski definition) is 3. The molecule has 5 nitrogen and oxygen atoms in total. The van der Waals surface area contributed by atoms with Crippen molar-refractivity contribution in [3.8, 4) is 5.75 Å². The van der Waals surface area contributed by atoms with E-state index in [2.05, 4.69) is 4.98 Å². The number of amides is 1. The molecule has 1 amide bonds. The van der Waals surface area contributed by atoms with Gasteiger partial charge in [-0.05, 0) is 18.6 Å². The van der Waals surface area contributed by atoms with Gasteiger partial charge in [-0.1, -0.05) is 18.5 Å². The van der Waals surface area contributed by atoms with Gasteiger partial charge < -0.3 is 9.84 Å². The number of rotatable bonds is 1. The van der Waals surface area contributed by atoms with Crippen LogP contribution < -0.4 is 4.74 Å². The Morgan fingerprint density at radius 1 is 1.71 bits per heavy atom. The van der Waals surface area contributed by atoms with Crippen LogP contribution in [0.4, 0.5) is 4.79 Å². The summed E-state index contributed by atoms with van der Waals surface area (Å²) in [5.74, 6) is 0.616. The Labute approximate surface area is 104 Å². The van der Waals surface area contributed by atoms with Crippen LogP contribution in [0.5, 0.6) is 5.75 Å². The molecule has 0 fully saturated rings. The van der Waals surface area contributed by atoms with Gasteiger partial charge in [-0.15, -0.1) is 0 Å². The van der Waals surface area contributed by atoms with Crippen LogP contribution in [0.25, 0.3) is 0 Å². The van der Waals surface area contributed by atoms with Gasteiger partial charge in [0.15, 0.2) is 0 Å². The van der Waals surface area contributed by atoms with Gasteiger partial charge in [-0.25, -0.2) is 9.78 Å².